The van der Waals surface area contributed by atoms with Crippen molar-refractivity contribution in [2.45, 2.75) is 6.92 Å². The molecule has 0 heterocycles. The Bertz CT molecular complexity index is 703. The van der Waals surface area contributed by atoms with Gasteiger partial charge in [-0.15, -0.1) is 0 Å². The number of nitro benzene ring substituents is 2. The molecule has 0 saturated carbocycles. The molecule has 0 amide bonds. The zero-order valence-electron chi connectivity index (χ0n) is 11.2. The lowest BCUT2D eigenvalue weighted by Crippen LogP contribution is -1.88. The molecule has 6 nitrogen and oxygen atoms in total. The summed E-state index contributed by atoms with van der Waals surface area (Å²) in [6, 6.07) is 12.4. The second-order valence-electron chi connectivity index (χ2n) is 4.48. The van der Waals surface area contributed by atoms with Gasteiger partial charge in [0.2, 0.25) is 0 Å². The molecule has 0 radical (unpaired) electrons. The van der Waals surface area contributed by atoms with E-state index in [1.54, 1.807) is 24.3 Å². The van der Waals surface area contributed by atoms with Gasteiger partial charge in [-0.3, -0.25) is 20.2 Å². The van der Waals surface area contributed by atoms with Gasteiger partial charge in [-0.05, 0) is 47.9 Å². The summed E-state index contributed by atoms with van der Waals surface area (Å²) in [5.74, 6) is 0. The summed E-state index contributed by atoms with van der Waals surface area (Å²) in [6.07, 6.45) is 1.87. The van der Waals surface area contributed by atoms with Crippen molar-refractivity contribution < 1.29 is 9.85 Å². The van der Waals surface area contributed by atoms with Gasteiger partial charge in [0.1, 0.15) is 0 Å². The summed E-state index contributed by atoms with van der Waals surface area (Å²) in [5.41, 5.74) is 2.69. The molecule has 6 heteroatoms. The highest BCUT2D eigenvalue weighted by Gasteiger charge is 2.06. The quantitative estimate of drug-likeness (QED) is 0.481. The van der Waals surface area contributed by atoms with E-state index in [9.17, 15) is 20.2 Å². The van der Waals surface area contributed by atoms with Crippen molar-refractivity contribution in [2.24, 2.45) is 0 Å². The Morgan fingerprint density at radius 1 is 0.857 bits per heavy atom. The minimum Gasteiger partial charge on any atom is -0.258 e. The molecule has 0 saturated heterocycles. The summed E-state index contributed by atoms with van der Waals surface area (Å²) in [7, 11) is 0. The van der Waals surface area contributed by atoms with Gasteiger partial charge < -0.3 is 0 Å². The van der Waals surface area contributed by atoms with Crippen molar-refractivity contribution in [2.75, 3.05) is 0 Å². The van der Waals surface area contributed by atoms with Crippen LogP contribution in [0, 0.1) is 20.2 Å². The predicted molar refractivity (Wildman–Crippen MR) is 79.7 cm³/mol. The molecule has 0 atom stereocenters. The number of allylic oxidation sites excluding steroid dienone is 1. The minimum atomic E-state index is -0.448. The highest BCUT2D eigenvalue weighted by atomic mass is 16.6. The van der Waals surface area contributed by atoms with Crippen molar-refractivity contribution in [3.63, 3.8) is 0 Å². The van der Waals surface area contributed by atoms with E-state index < -0.39 is 9.85 Å². The van der Waals surface area contributed by atoms with Gasteiger partial charge in [0.25, 0.3) is 11.4 Å². The number of nitrogens with zero attached hydrogens (tertiary/aromatic N) is 2. The molecule has 0 aliphatic carbocycles. The molecule has 0 unspecified atom stereocenters. The van der Waals surface area contributed by atoms with Crippen LogP contribution >= 0.6 is 0 Å². The lowest BCUT2D eigenvalue weighted by molar-refractivity contribution is -0.385. The fraction of sp³-hybridized carbons (Fsp3) is 0.0667. The highest BCUT2D eigenvalue weighted by molar-refractivity contribution is 5.80. The average molecular weight is 284 g/mol. The van der Waals surface area contributed by atoms with Gasteiger partial charge in [-0.1, -0.05) is 6.08 Å². The maximum Gasteiger partial charge on any atom is 0.269 e. The van der Waals surface area contributed by atoms with Crippen molar-refractivity contribution >= 4 is 23.0 Å². The van der Waals surface area contributed by atoms with E-state index in [2.05, 4.69) is 0 Å². The lowest BCUT2D eigenvalue weighted by Gasteiger charge is -2.02. The van der Waals surface area contributed by atoms with E-state index in [0.29, 0.717) is 0 Å². The van der Waals surface area contributed by atoms with Crippen molar-refractivity contribution in [3.8, 4) is 0 Å². The molecule has 2 rings (SSSR count). The number of hydrogen-bond donors (Lipinski definition) is 0. The smallest absolute Gasteiger partial charge is 0.258 e. The fourth-order valence-electron chi connectivity index (χ4n) is 1.87. The Hall–Kier alpha value is -3.02. The van der Waals surface area contributed by atoms with Gasteiger partial charge in [-0.2, -0.15) is 0 Å². The molecular formula is C15H12N2O4. The first kappa shape index (κ1) is 14.4. The SMILES string of the molecule is CC(=Cc1ccc([N+](=O)[O-])cc1)c1ccc([N+](=O)[O-])cc1. The zero-order chi connectivity index (χ0) is 15.4. The molecule has 0 aromatic heterocycles. The van der Waals surface area contributed by atoms with E-state index in [1.165, 1.54) is 24.3 Å². The molecule has 0 spiro atoms. The largest absolute Gasteiger partial charge is 0.269 e. The van der Waals surface area contributed by atoms with Crippen LogP contribution in [0.25, 0.3) is 11.6 Å². The first-order valence-corrected chi connectivity index (χ1v) is 6.15. The Kier molecular flexibility index (Phi) is 4.08. The highest BCUT2D eigenvalue weighted by Crippen LogP contribution is 2.21. The lowest BCUT2D eigenvalue weighted by atomic mass is 10.0. The van der Waals surface area contributed by atoms with E-state index in [0.717, 1.165) is 16.7 Å². The molecule has 0 fully saturated rings. The molecule has 2 aromatic carbocycles. The third kappa shape index (κ3) is 3.50. The normalized spacial score (nSPS) is 11.2. The van der Waals surface area contributed by atoms with Crippen LogP contribution in [-0.2, 0) is 0 Å². The monoisotopic (exact) mass is 284 g/mol. The zero-order valence-corrected chi connectivity index (χ0v) is 11.2. The topological polar surface area (TPSA) is 86.3 Å². The van der Waals surface area contributed by atoms with Crippen molar-refractivity contribution in [3.05, 3.63) is 79.9 Å². The number of benzene rings is 2. The molecule has 0 aliphatic rings. The van der Waals surface area contributed by atoms with Crippen molar-refractivity contribution in [1.82, 2.24) is 0 Å². The fourth-order valence-corrected chi connectivity index (χ4v) is 1.87. The van der Waals surface area contributed by atoms with Crippen LogP contribution in [-0.4, -0.2) is 9.85 Å². The van der Waals surface area contributed by atoms with E-state index >= 15 is 0 Å². The number of non-ortho nitro benzene ring substituents is 2. The van der Waals surface area contributed by atoms with Crippen LogP contribution in [0.4, 0.5) is 11.4 Å². The molecule has 106 valence electrons. The summed E-state index contributed by atoms with van der Waals surface area (Å²) in [6.45, 7) is 1.88. The van der Waals surface area contributed by atoms with Crippen LogP contribution in [0.3, 0.4) is 0 Å². The van der Waals surface area contributed by atoms with E-state index in [-0.39, 0.29) is 11.4 Å². The Labute approximate surface area is 120 Å². The minimum absolute atomic E-state index is 0.0418. The van der Waals surface area contributed by atoms with Crippen molar-refractivity contribution in [1.29, 1.82) is 0 Å². The van der Waals surface area contributed by atoms with Crippen LogP contribution in [0.1, 0.15) is 18.1 Å². The molecule has 2 aromatic rings. The second-order valence-corrected chi connectivity index (χ2v) is 4.48. The Balaban J connectivity index is 2.23. The first-order valence-electron chi connectivity index (χ1n) is 6.15. The van der Waals surface area contributed by atoms with Gasteiger partial charge in [-0.25, -0.2) is 0 Å². The van der Waals surface area contributed by atoms with Gasteiger partial charge in [0.15, 0.2) is 0 Å². The number of rotatable bonds is 4. The van der Waals surface area contributed by atoms with Crippen LogP contribution < -0.4 is 0 Å². The van der Waals surface area contributed by atoms with Crippen LogP contribution in [0.5, 0.6) is 0 Å². The van der Waals surface area contributed by atoms with Gasteiger partial charge >= 0.3 is 0 Å². The van der Waals surface area contributed by atoms with E-state index in [1.807, 2.05) is 13.0 Å². The second kappa shape index (κ2) is 5.96. The molecule has 0 aliphatic heterocycles. The number of hydrogen-bond acceptors (Lipinski definition) is 4. The average Bonchev–Trinajstić information content (AvgIpc) is 2.47. The third-order valence-electron chi connectivity index (χ3n) is 3.02. The summed E-state index contributed by atoms with van der Waals surface area (Å²) < 4.78 is 0. The molecular weight excluding hydrogens is 272 g/mol. The summed E-state index contributed by atoms with van der Waals surface area (Å²) >= 11 is 0. The van der Waals surface area contributed by atoms with Gasteiger partial charge in [0.05, 0.1) is 9.85 Å². The molecule has 0 N–H and O–H groups in total. The summed E-state index contributed by atoms with van der Waals surface area (Å²) in [5, 5.41) is 21.2. The molecule has 0 bridgehead atoms. The van der Waals surface area contributed by atoms with Gasteiger partial charge in [0, 0.05) is 24.3 Å². The summed E-state index contributed by atoms with van der Waals surface area (Å²) in [4.78, 5) is 20.3. The van der Waals surface area contributed by atoms with Crippen LogP contribution in [0.2, 0.25) is 0 Å². The molecule has 21 heavy (non-hydrogen) atoms. The number of nitro groups is 2. The van der Waals surface area contributed by atoms with Crippen LogP contribution in [0.15, 0.2) is 48.5 Å². The maximum atomic E-state index is 10.6. The predicted octanol–water partition coefficient (Wildman–Crippen LogP) is 4.06. The maximum absolute atomic E-state index is 10.6. The first-order chi connectivity index (χ1) is 9.97. The standard InChI is InChI=1S/C15H12N2O4/c1-11(13-4-8-15(9-5-13)17(20)21)10-12-2-6-14(7-3-12)16(18)19/h2-10H,1H3. The third-order valence-corrected chi connectivity index (χ3v) is 3.02. The van der Waals surface area contributed by atoms with E-state index in [4.69, 9.17) is 0 Å². The Morgan fingerprint density at radius 3 is 1.71 bits per heavy atom. The Morgan fingerprint density at radius 2 is 1.29 bits per heavy atom.